The summed E-state index contributed by atoms with van der Waals surface area (Å²) in [5.41, 5.74) is 1.97. The van der Waals surface area contributed by atoms with Gasteiger partial charge >= 0.3 is 0 Å². The summed E-state index contributed by atoms with van der Waals surface area (Å²) in [6.07, 6.45) is 5.86. The molecule has 3 aromatic carbocycles. The normalized spacial score (nSPS) is 18.6. The lowest BCUT2D eigenvalue weighted by Gasteiger charge is -2.28. The highest BCUT2D eigenvalue weighted by Crippen LogP contribution is 2.40. The van der Waals surface area contributed by atoms with Crippen molar-refractivity contribution in [3.8, 4) is 22.6 Å². The minimum atomic E-state index is -1.67. The van der Waals surface area contributed by atoms with Gasteiger partial charge in [-0.2, -0.15) is 4.39 Å². The van der Waals surface area contributed by atoms with Gasteiger partial charge in [-0.1, -0.05) is 37.6 Å². The number of rotatable bonds is 5. The highest BCUT2D eigenvalue weighted by atomic mass is 19.2. The molecule has 0 saturated heterocycles. The van der Waals surface area contributed by atoms with Crippen LogP contribution in [0.15, 0.2) is 48.5 Å². The Morgan fingerprint density at radius 1 is 0.750 bits per heavy atom. The van der Waals surface area contributed by atoms with E-state index >= 15 is 0 Å². The van der Waals surface area contributed by atoms with Crippen LogP contribution in [0.25, 0.3) is 11.1 Å². The van der Waals surface area contributed by atoms with Crippen molar-refractivity contribution >= 4 is 0 Å². The number of benzene rings is 3. The topological polar surface area (TPSA) is 9.23 Å². The van der Waals surface area contributed by atoms with Crippen molar-refractivity contribution in [1.82, 2.24) is 0 Å². The van der Waals surface area contributed by atoms with Gasteiger partial charge in [-0.25, -0.2) is 17.6 Å². The molecule has 4 rings (SSSR count). The Morgan fingerprint density at radius 3 is 1.97 bits per heavy atom. The standard InChI is InChI=1S/C26H23F5O/c1-2-15-3-5-16(6-4-15)17-7-9-18(10-8-17)20-11-12-21(27)25(31)26(20)32-19-13-22(28)24(30)23(29)14-19/h7-16H,2-6H2,1H3. The Labute approximate surface area is 183 Å². The molecule has 168 valence electrons. The molecule has 0 bridgehead atoms. The number of halogens is 5. The van der Waals surface area contributed by atoms with E-state index in [0.717, 1.165) is 24.8 Å². The fourth-order valence-electron chi connectivity index (χ4n) is 4.41. The molecule has 1 aliphatic carbocycles. The molecule has 0 unspecified atom stereocenters. The average molecular weight is 446 g/mol. The van der Waals surface area contributed by atoms with E-state index in [-0.39, 0.29) is 5.56 Å². The molecule has 6 heteroatoms. The van der Waals surface area contributed by atoms with Crippen molar-refractivity contribution < 1.29 is 26.7 Å². The third-order valence-corrected chi connectivity index (χ3v) is 6.34. The van der Waals surface area contributed by atoms with E-state index in [0.29, 0.717) is 23.6 Å². The highest BCUT2D eigenvalue weighted by molar-refractivity contribution is 5.71. The van der Waals surface area contributed by atoms with Gasteiger partial charge in [-0.05, 0) is 60.8 Å². The summed E-state index contributed by atoms with van der Waals surface area (Å²) >= 11 is 0. The van der Waals surface area contributed by atoms with Crippen molar-refractivity contribution in [2.45, 2.75) is 44.9 Å². The summed E-state index contributed by atoms with van der Waals surface area (Å²) in [5.74, 6) is -6.85. The molecule has 32 heavy (non-hydrogen) atoms. The maximum Gasteiger partial charge on any atom is 0.201 e. The molecule has 0 spiro atoms. The summed E-state index contributed by atoms with van der Waals surface area (Å²) in [4.78, 5) is 0. The minimum Gasteiger partial charge on any atom is -0.453 e. The quantitative estimate of drug-likeness (QED) is 0.282. The number of ether oxygens (including phenoxy) is 1. The minimum absolute atomic E-state index is 0.218. The zero-order valence-electron chi connectivity index (χ0n) is 17.6. The van der Waals surface area contributed by atoms with Gasteiger partial charge < -0.3 is 4.74 Å². The van der Waals surface area contributed by atoms with Gasteiger partial charge in [0.2, 0.25) is 5.82 Å². The molecule has 0 radical (unpaired) electrons. The smallest absolute Gasteiger partial charge is 0.201 e. The second-order valence-electron chi connectivity index (χ2n) is 8.29. The van der Waals surface area contributed by atoms with E-state index in [4.69, 9.17) is 4.74 Å². The monoisotopic (exact) mass is 446 g/mol. The molecule has 1 fully saturated rings. The molecule has 0 aromatic heterocycles. The number of hydrogen-bond donors (Lipinski definition) is 0. The Kier molecular flexibility index (Phi) is 6.49. The Balaban J connectivity index is 1.64. The van der Waals surface area contributed by atoms with Crippen LogP contribution >= 0.6 is 0 Å². The molecule has 1 aliphatic rings. The lowest BCUT2D eigenvalue weighted by Crippen LogP contribution is -2.12. The van der Waals surface area contributed by atoms with Crippen molar-refractivity contribution in [3.05, 3.63) is 83.2 Å². The van der Waals surface area contributed by atoms with Crippen LogP contribution in [0.3, 0.4) is 0 Å². The Morgan fingerprint density at radius 2 is 1.38 bits per heavy atom. The van der Waals surface area contributed by atoms with E-state index in [9.17, 15) is 22.0 Å². The first-order chi connectivity index (χ1) is 15.4. The molecular weight excluding hydrogens is 423 g/mol. The lowest BCUT2D eigenvalue weighted by molar-refractivity contribution is 0.319. The zero-order chi connectivity index (χ0) is 22.8. The molecule has 0 atom stereocenters. The predicted octanol–water partition coefficient (Wildman–Crippen LogP) is 8.53. The van der Waals surface area contributed by atoms with E-state index in [1.165, 1.54) is 30.9 Å². The molecule has 1 nitrogen and oxygen atoms in total. The van der Waals surface area contributed by atoms with Crippen LogP contribution in [0.2, 0.25) is 0 Å². The summed E-state index contributed by atoms with van der Waals surface area (Å²) in [7, 11) is 0. The third kappa shape index (κ3) is 4.50. The van der Waals surface area contributed by atoms with Crippen LogP contribution < -0.4 is 4.74 Å². The first-order valence-corrected chi connectivity index (χ1v) is 10.8. The summed E-state index contributed by atoms with van der Waals surface area (Å²) < 4.78 is 74.1. The fraction of sp³-hybridized carbons (Fsp3) is 0.308. The average Bonchev–Trinajstić information content (AvgIpc) is 2.81. The van der Waals surface area contributed by atoms with Crippen LogP contribution in [0.1, 0.15) is 50.5 Å². The van der Waals surface area contributed by atoms with Crippen molar-refractivity contribution in [3.63, 3.8) is 0 Å². The third-order valence-electron chi connectivity index (χ3n) is 6.34. The lowest BCUT2D eigenvalue weighted by atomic mass is 9.77. The molecule has 0 aliphatic heterocycles. The van der Waals surface area contributed by atoms with Gasteiger partial charge in [0.05, 0.1) is 0 Å². The highest BCUT2D eigenvalue weighted by Gasteiger charge is 2.22. The fourth-order valence-corrected chi connectivity index (χ4v) is 4.41. The van der Waals surface area contributed by atoms with E-state index in [1.54, 1.807) is 12.1 Å². The van der Waals surface area contributed by atoms with Gasteiger partial charge in [0.15, 0.2) is 29.0 Å². The second-order valence-corrected chi connectivity index (χ2v) is 8.29. The van der Waals surface area contributed by atoms with Gasteiger partial charge in [0.1, 0.15) is 5.75 Å². The number of hydrogen-bond acceptors (Lipinski definition) is 1. The molecule has 0 amide bonds. The first-order valence-electron chi connectivity index (χ1n) is 10.8. The summed E-state index contributed by atoms with van der Waals surface area (Å²) in [5, 5.41) is 0. The van der Waals surface area contributed by atoms with E-state index in [2.05, 4.69) is 6.92 Å². The molecular formula is C26H23F5O. The first kappa shape index (κ1) is 22.3. The summed E-state index contributed by atoms with van der Waals surface area (Å²) in [6.45, 7) is 2.22. The van der Waals surface area contributed by atoms with Crippen LogP contribution in [-0.4, -0.2) is 0 Å². The predicted molar refractivity (Wildman–Crippen MR) is 113 cm³/mol. The zero-order valence-corrected chi connectivity index (χ0v) is 17.6. The van der Waals surface area contributed by atoms with Gasteiger partial charge in [0, 0.05) is 17.7 Å². The van der Waals surface area contributed by atoms with Crippen LogP contribution in [-0.2, 0) is 0 Å². The summed E-state index contributed by atoms with van der Waals surface area (Å²) in [6, 6.07) is 11.0. The van der Waals surface area contributed by atoms with Gasteiger partial charge in [-0.3, -0.25) is 0 Å². The van der Waals surface area contributed by atoms with Crippen LogP contribution in [0.4, 0.5) is 22.0 Å². The Hall–Kier alpha value is -2.89. The van der Waals surface area contributed by atoms with Crippen molar-refractivity contribution in [2.75, 3.05) is 0 Å². The Bertz CT molecular complexity index is 1080. The second kappa shape index (κ2) is 9.31. The van der Waals surface area contributed by atoms with E-state index in [1.807, 2.05) is 12.1 Å². The van der Waals surface area contributed by atoms with Crippen LogP contribution in [0, 0.1) is 35.0 Å². The maximum absolute atomic E-state index is 14.6. The molecule has 3 aromatic rings. The van der Waals surface area contributed by atoms with Gasteiger partial charge in [0.25, 0.3) is 0 Å². The molecule has 0 heterocycles. The largest absolute Gasteiger partial charge is 0.453 e. The maximum atomic E-state index is 14.6. The van der Waals surface area contributed by atoms with Gasteiger partial charge in [-0.15, -0.1) is 0 Å². The van der Waals surface area contributed by atoms with Crippen LogP contribution in [0.5, 0.6) is 11.5 Å². The van der Waals surface area contributed by atoms with Crippen molar-refractivity contribution in [1.29, 1.82) is 0 Å². The molecule has 0 N–H and O–H groups in total. The molecule has 1 saturated carbocycles. The van der Waals surface area contributed by atoms with Crippen molar-refractivity contribution in [2.24, 2.45) is 5.92 Å². The van der Waals surface area contributed by atoms with E-state index < -0.39 is 40.6 Å². The SMILES string of the molecule is CCC1CCC(c2ccc(-c3ccc(F)c(F)c3Oc3cc(F)c(F)c(F)c3)cc2)CC1.